The molecule has 3 aromatic carbocycles. The molecule has 0 fully saturated rings. The standard InChI is InChI=1S/3C20H23BrN6O4S/c3*1-3-8-26-32(28,29)27-18-17(15-4-6-16(21)7-5-15)19(25-13-24-18)30-9-10-31-20-22-11-14(2)12-23-20/h3*4-7,11-13,26H,3,8-10H2,1-2H3,(H,24,25,27)/i3D2,4D,5D,6D,7D,8D2,9D2,11D,12D;4D,5D,6D,7D,8D2,9D2,11D,12D;4D,5D,6D,7D,10D2,11D,12D. The third-order valence-corrected chi connectivity index (χ3v) is 14.0. The number of anilines is 3. The first-order chi connectivity index (χ1) is 57.8. The summed E-state index contributed by atoms with van der Waals surface area (Å²) >= 11 is 8.91. The molecule has 6 aromatic heterocycles. The summed E-state index contributed by atoms with van der Waals surface area (Å²) in [4.78, 5) is 45.2. The lowest BCUT2D eigenvalue weighted by atomic mass is 10.1. The van der Waals surface area contributed by atoms with Gasteiger partial charge in [-0.2, -0.15) is 39.4 Å². The molecule has 510 valence electrons. The van der Waals surface area contributed by atoms with E-state index in [4.69, 9.17) is 69.5 Å². The summed E-state index contributed by atoms with van der Waals surface area (Å²) in [6.45, 7) is -8.42. The number of hydrogen-bond donors (Lipinski definition) is 6. The van der Waals surface area contributed by atoms with E-state index in [1.54, 1.807) is 11.6 Å². The Morgan fingerprint density at radius 1 is 0.396 bits per heavy atom. The second-order valence-electron chi connectivity index (χ2n) is 17.3. The van der Waals surface area contributed by atoms with Crippen LogP contribution in [-0.2, 0) is 30.6 Å². The molecule has 9 aromatic rings. The van der Waals surface area contributed by atoms with Crippen molar-refractivity contribution in [1.29, 1.82) is 0 Å². The Balaban J connectivity index is 0.000000260. The minimum atomic E-state index is -5.04. The van der Waals surface area contributed by atoms with E-state index >= 15 is 0 Å². The predicted octanol–water partition coefficient (Wildman–Crippen LogP) is 9.36. The minimum Gasteiger partial charge on any atom is -0.473 e. The van der Waals surface area contributed by atoms with Gasteiger partial charge in [0, 0.05) is 78.2 Å². The lowest BCUT2D eigenvalue weighted by Gasteiger charge is -2.15. The molecule has 0 radical (unpaired) electrons. The molecule has 0 amide bonds. The van der Waals surface area contributed by atoms with Gasteiger partial charge in [0.25, 0.3) is 30.6 Å². The molecule has 9 rings (SSSR count). The summed E-state index contributed by atoms with van der Waals surface area (Å²) in [5.41, 5.74) is -2.82. The number of ether oxygens (including phenoxy) is 6. The Bertz CT molecular complexity index is 5870. The van der Waals surface area contributed by atoms with Crippen LogP contribution in [0.5, 0.6) is 35.7 Å². The minimum absolute atomic E-state index is 0.0806. The molecule has 0 saturated carbocycles. The smallest absolute Gasteiger partial charge is 0.316 e. The van der Waals surface area contributed by atoms with E-state index in [-0.39, 0.29) is 80.1 Å². The van der Waals surface area contributed by atoms with Gasteiger partial charge >= 0.3 is 18.0 Å². The van der Waals surface area contributed by atoms with E-state index < -0.39 is 249 Å². The fourth-order valence-electron chi connectivity index (χ4n) is 6.23. The maximum absolute atomic E-state index is 12.9. The van der Waals surface area contributed by atoms with Crippen LogP contribution in [0.25, 0.3) is 33.4 Å². The summed E-state index contributed by atoms with van der Waals surface area (Å²) in [6.07, 6.45) is -2.14. The molecule has 0 saturated heterocycles. The van der Waals surface area contributed by atoms with Crippen LogP contribution in [0.1, 0.15) is 97.8 Å². The normalized spacial score (nSPS) is 16.6. The summed E-state index contributed by atoms with van der Waals surface area (Å²) in [5.74, 6) is -3.99. The topological polar surface area (TPSA) is 385 Å². The second kappa shape index (κ2) is 37.7. The van der Waals surface area contributed by atoms with Crippen molar-refractivity contribution in [1.82, 2.24) is 74.0 Å². The van der Waals surface area contributed by atoms with E-state index in [0.29, 0.717) is 12.7 Å². The van der Waals surface area contributed by atoms with Crippen LogP contribution >= 0.6 is 47.8 Å². The van der Waals surface area contributed by atoms with Gasteiger partial charge in [0.05, 0.1) is 49.6 Å². The molecule has 0 unspecified atom stereocenters. The van der Waals surface area contributed by atoms with Gasteiger partial charge in [0.15, 0.2) is 17.5 Å². The monoisotopic (exact) mass is 1600 g/mol. The zero-order valence-corrected chi connectivity index (χ0v) is 57.3. The lowest BCUT2D eigenvalue weighted by Crippen LogP contribution is -2.31. The van der Waals surface area contributed by atoms with Gasteiger partial charge in [-0.3, -0.25) is 14.2 Å². The van der Waals surface area contributed by atoms with Crippen LogP contribution in [0.3, 0.4) is 0 Å². The van der Waals surface area contributed by atoms with Crippen molar-refractivity contribution < 1.29 is 94.8 Å². The first-order valence-corrected chi connectivity index (χ1v) is 33.3. The van der Waals surface area contributed by atoms with Gasteiger partial charge in [0.2, 0.25) is 17.6 Å². The van der Waals surface area contributed by atoms with Crippen LogP contribution in [0.15, 0.2) is 142 Å². The van der Waals surface area contributed by atoms with Crippen molar-refractivity contribution >= 4 is 95.9 Å². The molecule has 30 nitrogen and oxygen atoms in total. The largest absolute Gasteiger partial charge is 0.473 e. The fourth-order valence-corrected chi connectivity index (χ4v) is 9.27. The third-order valence-electron chi connectivity index (χ3n) is 10.1. The molecule has 6 heterocycles. The molecule has 0 aliphatic heterocycles. The average molecular weight is 1600 g/mol. The molecular formula is C60H69Br3N18O12S3. The number of nitrogens with zero attached hydrogens (tertiary/aromatic N) is 12. The van der Waals surface area contributed by atoms with Crippen molar-refractivity contribution in [2.24, 2.45) is 0 Å². The van der Waals surface area contributed by atoms with Crippen LogP contribution in [0.4, 0.5) is 17.5 Å². The van der Waals surface area contributed by atoms with Gasteiger partial charge in [-0.25, -0.2) is 59.8 Å². The highest BCUT2D eigenvalue weighted by atomic mass is 79.9. The molecule has 0 aliphatic rings. The molecule has 6 N–H and O–H groups in total. The molecule has 96 heavy (non-hydrogen) atoms. The van der Waals surface area contributed by atoms with E-state index in [9.17, 15) is 25.3 Å². The number of halogens is 3. The molecule has 36 heteroatoms. The predicted molar refractivity (Wildman–Crippen MR) is 371 cm³/mol. The Morgan fingerprint density at radius 2 is 0.708 bits per heavy atom. The zero-order valence-electron chi connectivity index (χ0n) is 80.1. The zero-order chi connectivity index (χ0) is 95.4. The van der Waals surface area contributed by atoms with Crippen LogP contribution in [0, 0.1) is 20.8 Å². The Labute approximate surface area is 624 Å². The highest BCUT2D eigenvalue weighted by molar-refractivity contribution is 9.11. The van der Waals surface area contributed by atoms with Crippen molar-refractivity contribution in [3.05, 3.63) is 159 Å². The van der Waals surface area contributed by atoms with Crippen LogP contribution < -0.4 is 56.8 Å². The average Bonchev–Trinajstić information content (AvgIpc) is 0.761. The van der Waals surface area contributed by atoms with E-state index in [1.807, 2.05) is 9.44 Å². The first kappa shape index (κ1) is 42.9. The fraction of sp³-hybridized carbons (Fsp3) is 0.300. The number of benzene rings is 3. The van der Waals surface area contributed by atoms with Crippen LogP contribution in [-0.4, -0.2) is 144 Å². The molecule has 0 bridgehead atoms. The highest BCUT2D eigenvalue weighted by Crippen LogP contribution is 2.38. The van der Waals surface area contributed by atoms with Gasteiger partial charge in [-0.15, -0.1) is 0 Å². The maximum Gasteiger partial charge on any atom is 0.316 e. The van der Waals surface area contributed by atoms with E-state index in [0.717, 1.165) is 19.6 Å². The van der Waals surface area contributed by atoms with Gasteiger partial charge in [-0.05, 0) is 110 Å². The molecule has 0 spiro atoms. The number of rotatable bonds is 33. The van der Waals surface area contributed by atoms with E-state index in [1.165, 1.54) is 32.4 Å². The molecule has 0 atom stereocenters. The summed E-state index contributed by atoms with van der Waals surface area (Å²) < 4.78 is 361. The van der Waals surface area contributed by atoms with Crippen molar-refractivity contribution in [3.63, 3.8) is 0 Å². The van der Waals surface area contributed by atoms with Crippen LogP contribution in [0.2, 0.25) is 0 Å². The first-order valence-electron chi connectivity index (χ1n) is 41.5. The van der Waals surface area contributed by atoms with Gasteiger partial charge in [-0.1, -0.05) is 105 Å². The van der Waals surface area contributed by atoms with Crippen molar-refractivity contribution in [2.75, 3.05) is 73.2 Å². The van der Waals surface area contributed by atoms with Gasteiger partial charge in [0.1, 0.15) is 58.5 Å². The summed E-state index contributed by atoms with van der Waals surface area (Å²) in [6, 6.07) is -8.94. The lowest BCUT2D eigenvalue weighted by molar-refractivity contribution is 0.202. The Morgan fingerprint density at radius 3 is 1.05 bits per heavy atom. The number of aromatic nitrogens is 12. The Kier molecular flexibility index (Phi) is 16.9. The Hall–Kier alpha value is -8.49. The quantitative estimate of drug-likeness (QED) is 0.0223. The van der Waals surface area contributed by atoms with E-state index in [2.05, 4.69) is 117 Å². The maximum atomic E-state index is 12.9. The van der Waals surface area contributed by atoms with Crippen molar-refractivity contribution in [2.45, 2.75) is 60.8 Å². The summed E-state index contributed by atoms with van der Waals surface area (Å²) in [7, 11) is -14.0. The molecule has 0 aliphatic carbocycles. The highest BCUT2D eigenvalue weighted by Gasteiger charge is 2.23. The SMILES string of the molecule is [2H]c1nc(OC([2H])([2H])COc2ncnc(NS(=O)(=O)NCCC)c2-c2c([2H])c([2H])c(Br)c([2H])c2[2H])nc([2H])c1C.[2H]c1nc(OCC([2H])([2H])Oc2ncnc(NS(=O)(=O)NC([2H])([2H])C([2H])([2H])C)c2-c2c([2H])c([2H])c(Br)c([2H])c2[2H])nc([2H])c1C.[2H]c1nc(OCC([2H])([2H])Oc2ncnc(NS(=O)(=O)NC([2H])([2H])CC)c2-c2c([2H])c([2H])c(Br)c([2H])c2[2H])nc([2H])c1C. The third kappa shape index (κ3) is 24.9. The number of nitrogens with one attached hydrogen (secondary N) is 6. The van der Waals surface area contributed by atoms with Crippen molar-refractivity contribution in [3.8, 4) is 69.1 Å². The second-order valence-corrected chi connectivity index (χ2v) is 24.0. The summed E-state index contributed by atoms with van der Waals surface area (Å²) in [5, 5.41) is 0. The van der Waals surface area contributed by atoms with Gasteiger partial charge < -0.3 is 28.4 Å². The number of hydrogen-bond acceptors (Lipinski definition) is 24. The molecular weight excluding hydrogens is 1500 g/mol.